The van der Waals surface area contributed by atoms with Gasteiger partial charge in [-0.05, 0) is 76.4 Å². The maximum absolute atomic E-state index is 12.9. The maximum Gasteiger partial charge on any atom is 0.129 e. The summed E-state index contributed by atoms with van der Waals surface area (Å²) < 4.78 is 37.5. The summed E-state index contributed by atoms with van der Waals surface area (Å²) in [4.78, 5) is 0. The van der Waals surface area contributed by atoms with Gasteiger partial charge in [0.2, 0.25) is 0 Å². The lowest BCUT2D eigenvalue weighted by Gasteiger charge is -2.01. The molecule has 3 rings (SSSR count). The van der Waals surface area contributed by atoms with Gasteiger partial charge in [0.05, 0.1) is 0 Å². The van der Waals surface area contributed by atoms with Gasteiger partial charge in [0.25, 0.3) is 0 Å². The van der Waals surface area contributed by atoms with Crippen molar-refractivity contribution in [3.8, 4) is 0 Å². The van der Waals surface area contributed by atoms with Crippen LogP contribution < -0.4 is 0 Å². The SMILES string of the molecule is Cc1cc(C)c(F)c(C)c1.Cc1ccc(F)c(C)c1.Cc1ccc(F)cc1. The molecule has 0 spiro atoms. The van der Waals surface area contributed by atoms with Gasteiger partial charge in [-0.1, -0.05) is 53.1 Å². The highest BCUT2D eigenvalue weighted by atomic mass is 19.1. The fourth-order valence-corrected chi connectivity index (χ4v) is 2.49. The van der Waals surface area contributed by atoms with E-state index in [9.17, 15) is 13.2 Å². The molecule has 0 N–H and O–H groups in total. The van der Waals surface area contributed by atoms with Gasteiger partial charge in [0, 0.05) is 0 Å². The molecule has 0 heterocycles. The minimum absolute atomic E-state index is 0.0781. The van der Waals surface area contributed by atoms with Crippen LogP contribution in [-0.2, 0) is 0 Å². The third-order valence-electron chi connectivity index (χ3n) is 3.91. The first-order valence-electron chi connectivity index (χ1n) is 8.78. The van der Waals surface area contributed by atoms with Gasteiger partial charge in [0.15, 0.2) is 0 Å². The summed E-state index contributed by atoms with van der Waals surface area (Å²) in [6.45, 7) is 11.2. The Labute approximate surface area is 160 Å². The van der Waals surface area contributed by atoms with Gasteiger partial charge in [-0.3, -0.25) is 0 Å². The molecule has 0 aliphatic carbocycles. The van der Waals surface area contributed by atoms with Crippen molar-refractivity contribution in [2.75, 3.05) is 0 Å². The first kappa shape index (κ1) is 22.5. The highest BCUT2D eigenvalue weighted by Gasteiger charge is 2.00. The van der Waals surface area contributed by atoms with Crippen LogP contribution in [0.25, 0.3) is 0 Å². The zero-order valence-corrected chi connectivity index (χ0v) is 16.8. The van der Waals surface area contributed by atoms with Gasteiger partial charge in [-0.25, -0.2) is 13.2 Å². The van der Waals surface area contributed by atoms with Crippen molar-refractivity contribution in [1.82, 2.24) is 0 Å². The lowest BCUT2D eigenvalue weighted by Crippen LogP contribution is -1.88. The molecule has 0 aromatic heterocycles. The second kappa shape index (κ2) is 10.6. The Morgan fingerprint density at radius 2 is 0.926 bits per heavy atom. The van der Waals surface area contributed by atoms with Crippen LogP contribution in [0.1, 0.15) is 33.4 Å². The van der Waals surface area contributed by atoms with Crippen LogP contribution in [0.4, 0.5) is 13.2 Å². The predicted molar refractivity (Wildman–Crippen MR) is 108 cm³/mol. The van der Waals surface area contributed by atoms with Crippen molar-refractivity contribution in [2.45, 2.75) is 41.5 Å². The normalized spacial score (nSPS) is 9.67. The Morgan fingerprint density at radius 1 is 0.481 bits per heavy atom. The Balaban J connectivity index is 0.000000204. The third-order valence-corrected chi connectivity index (χ3v) is 3.91. The molecule has 27 heavy (non-hydrogen) atoms. The second-order valence-electron chi connectivity index (χ2n) is 6.76. The Hall–Kier alpha value is -2.55. The van der Waals surface area contributed by atoms with Gasteiger partial charge in [-0.2, -0.15) is 0 Å². The second-order valence-corrected chi connectivity index (χ2v) is 6.76. The Kier molecular flexibility index (Phi) is 8.80. The summed E-state index contributed by atoms with van der Waals surface area (Å²) in [5.74, 6) is -0.373. The fourth-order valence-electron chi connectivity index (χ4n) is 2.49. The molecule has 3 aromatic carbocycles. The summed E-state index contributed by atoms with van der Waals surface area (Å²) in [6, 6.07) is 15.2. The maximum atomic E-state index is 12.9. The van der Waals surface area contributed by atoms with Gasteiger partial charge < -0.3 is 0 Å². The first-order chi connectivity index (χ1) is 12.6. The number of hydrogen-bond donors (Lipinski definition) is 0. The molecule has 0 radical (unpaired) electrons. The molecule has 0 saturated heterocycles. The van der Waals surface area contributed by atoms with E-state index in [0.29, 0.717) is 0 Å². The van der Waals surface area contributed by atoms with E-state index in [4.69, 9.17) is 0 Å². The summed E-state index contributed by atoms with van der Waals surface area (Å²) in [5, 5.41) is 0. The van der Waals surface area contributed by atoms with Crippen LogP contribution in [0.15, 0.2) is 54.6 Å². The highest BCUT2D eigenvalue weighted by Crippen LogP contribution is 2.13. The van der Waals surface area contributed by atoms with Crippen LogP contribution >= 0.6 is 0 Å². The molecule has 0 nitrogen and oxygen atoms in total. The summed E-state index contributed by atoms with van der Waals surface area (Å²) in [5.41, 5.74) is 5.50. The molecule has 0 aliphatic rings. The average molecular weight is 372 g/mol. The summed E-state index contributed by atoms with van der Waals surface area (Å²) in [7, 11) is 0. The number of rotatable bonds is 0. The monoisotopic (exact) mass is 372 g/mol. The molecule has 0 unspecified atom stereocenters. The molecule has 0 saturated carbocycles. The molecule has 3 heteroatoms. The van der Waals surface area contributed by atoms with Crippen molar-refractivity contribution in [2.24, 2.45) is 0 Å². The predicted octanol–water partition coefficient (Wildman–Crippen LogP) is 7.33. The topological polar surface area (TPSA) is 0 Å². The van der Waals surface area contributed by atoms with Crippen LogP contribution in [0.2, 0.25) is 0 Å². The van der Waals surface area contributed by atoms with Crippen molar-refractivity contribution in [1.29, 1.82) is 0 Å². The van der Waals surface area contributed by atoms with E-state index >= 15 is 0 Å². The van der Waals surface area contributed by atoms with Gasteiger partial charge >= 0.3 is 0 Å². The molecule has 0 aliphatic heterocycles. The van der Waals surface area contributed by atoms with Crippen LogP contribution in [0, 0.1) is 59.0 Å². The molecule has 3 aromatic rings. The van der Waals surface area contributed by atoms with Crippen molar-refractivity contribution < 1.29 is 13.2 Å². The number of aryl methyl sites for hydroxylation is 6. The van der Waals surface area contributed by atoms with E-state index < -0.39 is 0 Å². The summed E-state index contributed by atoms with van der Waals surface area (Å²) in [6.07, 6.45) is 0. The fraction of sp³-hybridized carbons (Fsp3) is 0.250. The first-order valence-corrected chi connectivity index (χ1v) is 8.78. The zero-order valence-electron chi connectivity index (χ0n) is 16.8. The molecule has 0 amide bonds. The van der Waals surface area contributed by atoms with E-state index in [1.807, 2.05) is 39.0 Å². The third kappa shape index (κ3) is 8.12. The minimum Gasteiger partial charge on any atom is -0.207 e. The Bertz CT molecular complexity index is 821. The highest BCUT2D eigenvalue weighted by molar-refractivity contribution is 5.29. The number of halogens is 3. The lowest BCUT2D eigenvalue weighted by atomic mass is 10.1. The molecular formula is C24H27F3. The van der Waals surface area contributed by atoms with Gasteiger partial charge in [-0.15, -0.1) is 0 Å². The molecular weight excluding hydrogens is 345 g/mol. The van der Waals surface area contributed by atoms with Crippen LogP contribution in [0.5, 0.6) is 0 Å². The number of hydrogen-bond acceptors (Lipinski definition) is 0. The van der Waals surface area contributed by atoms with E-state index in [0.717, 1.165) is 33.4 Å². The molecule has 0 atom stereocenters. The smallest absolute Gasteiger partial charge is 0.129 e. The lowest BCUT2D eigenvalue weighted by molar-refractivity contribution is 0.608. The minimum atomic E-state index is -0.171. The van der Waals surface area contributed by atoms with E-state index in [1.165, 1.54) is 18.2 Å². The number of benzene rings is 3. The molecule has 0 fully saturated rings. The Morgan fingerprint density at radius 3 is 1.33 bits per heavy atom. The quantitative estimate of drug-likeness (QED) is 0.387. The van der Waals surface area contributed by atoms with Gasteiger partial charge in [0.1, 0.15) is 17.5 Å². The van der Waals surface area contributed by atoms with Crippen LogP contribution in [-0.4, -0.2) is 0 Å². The van der Waals surface area contributed by atoms with E-state index in [1.54, 1.807) is 39.0 Å². The molecule has 144 valence electrons. The summed E-state index contributed by atoms with van der Waals surface area (Å²) >= 11 is 0. The van der Waals surface area contributed by atoms with Crippen molar-refractivity contribution in [3.63, 3.8) is 0 Å². The largest absolute Gasteiger partial charge is 0.207 e. The standard InChI is InChI=1S/C9H11F.C8H9F.C7H7F/c1-6-4-7(2)9(10)8(3)5-6;1-6-3-4-8(9)7(2)5-6;1-6-2-4-7(8)5-3-6/h4-5H,1-3H3;3-5H,1-2H3;2-5H,1H3. The van der Waals surface area contributed by atoms with Crippen LogP contribution in [0.3, 0.4) is 0 Å². The van der Waals surface area contributed by atoms with E-state index in [2.05, 4.69) is 0 Å². The van der Waals surface area contributed by atoms with Crippen molar-refractivity contribution in [3.05, 3.63) is 105 Å². The van der Waals surface area contributed by atoms with E-state index in [-0.39, 0.29) is 17.5 Å². The average Bonchev–Trinajstić information content (AvgIpc) is 2.60. The zero-order chi connectivity index (χ0) is 20.6. The van der Waals surface area contributed by atoms with Crippen molar-refractivity contribution >= 4 is 0 Å². The molecule has 0 bridgehead atoms.